The number of nitrogens with zero attached hydrogens (tertiary/aromatic N) is 1. The van der Waals surface area contributed by atoms with E-state index in [0.717, 1.165) is 35.6 Å². The van der Waals surface area contributed by atoms with E-state index in [-0.39, 0.29) is 0 Å². The van der Waals surface area contributed by atoms with Gasteiger partial charge < -0.3 is 20.1 Å². The minimum atomic E-state index is -5.08. The molecule has 0 saturated carbocycles. The molecule has 0 bridgehead atoms. The average Bonchev–Trinajstić information content (AvgIpc) is 3.13. The van der Waals surface area contributed by atoms with Crippen molar-refractivity contribution in [3.05, 3.63) is 54.4 Å². The minimum absolute atomic E-state index is 0.375. The summed E-state index contributed by atoms with van der Waals surface area (Å²) in [5.74, 6) is -1.11. The van der Waals surface area contributed by atoms with E-state index in [1.807, 2.05) is 30.3 Å². The average molecular weight is 437 g/mol. The summed E-state index contributed by atoms with van der Waals surface area (Å²) in [4.78, 5) is 16.2. The van der Waals surface area contributed by atoms with Gasteiger partial charge in [0.25, 0.3) is 0 Å². The molecule has 0 aliphatic carbocycles. The maximum absolute atomic E-state index is 10.6. The van der Waals surface area contributed by atoms with Gasteiger partial charge in [-0.05, 0) is 48.2 Å². The van der Waals surface area contributed by atoms with E-state index in [4.69, 9.17) is 14.6 Å². The van der Waals surface area contributed by atoms with Gasteiger partial charge in [0, 0.05) is 12.6 Å². The molecule has 0 atom stereocenters. The summed E-state index contributed by atoms with van der Waals surface area (Å²) in [5.41, 5.74) is 3.56. The number of fused-ring (bicyclic) bond motifs is 1. The number of aliphatic carboxylic acids is 1. The van der Waals surface area contributed by atoms with Crippen molar-refractivity contribution in [1.82, 2.24) is 15.3 Å². The van der Waals surface area contributed by atoms with Gasteiger partial charge >= 0.3 is 12.1 Å². The van der Waals surface area contributed by atoms with Gasteiger partial charge in [-0.2, -0.15) is 13.2 Å². The lowest BCUT2D eigenvalue weighted by Crippen LogP contribution is -2.21. The van der Waals surface area contributed by atoms with Gasteiger partial charge in [0.2, 0.25) is 0 Å². The Hall–Kier alpha value is -3.07. The molecule has 0 aliphatic rings. The molecule has 3 rings (SSSR count). The number of ether oxygens (including phenoxy) is 1. The van der Waals surface area contributed by atoms with Crippen molar-refractivity contribution in [2.45, 2.75) is 39.9 Å². The van der Waals surface area contributed by atoms with Gasteiger partial charge in [0.05, 0.1) is 17.4 Å². The van der Waals surface area contributed by atoms with Gasteiger partial charge in [0.15, 0.2) is 0 Å². The van der Waals surface area contributed by atoms with Crippen molar-refractivity contribution in [2.24, 2.45) is 5.41 Å². The second-order valence-corrected chi connectivity index (χ2v) is 8.12. The van der Waals surface area contributed by atoms with Crippen molar-refractivity contribution in [3.63, 3.8) is 0 Å². The lowest BCUT2D eigenvalue weighted by molar-refractivity contribution is -0.192. The van der Waals surface area contributed by atoms with Crippen molar-refractivity contribution in [1.29, 1.82) is 0 Å². The molecule has 2 aromatic carbocycles. The lowest BCUT2D eigenvalue weighted by atomic mass is 9.92. The summed E-state index contributed by atoms with van der Waals surface area (Å²) in [6.45, 7) is 8.71. The Labute approximate surface area is 178 Å². The Morgan fingerprint density at radius 2 is 1.71 bits per heavy atom. The molecular formula is C22H26F3N3O3. The minimum Gasteiger partial charge on any atom is -0.475 e. The highest BCUT2D eigenvalue weighted by Gasteiger charge is 2.38. The first-order valence-electron chi connectivity index (χ1n) is 9.65. The molecule has 31 heavy (non-hydrogen) atoms. The number of hydrogen-bond donors (Lipinski definition) is 3. The Kier molecular flexibility index (Phi) is 8.04. The number of benzene rings is 2. The molecule has 6 nitrogen and oxygen atoms in total. The standard InChI is InChI=1S/C20H25N3O.C2HF3O2/c1-20(2,3)10-11-21-13-15-4-6-16(7-5-15)24-17-8-9-18-19(12-17)23-14-22-18;3-2(4,5)1(6)7/h4-9,12,14,21H,10-11,13H2,1-3H3,(H,22,23);(H,6,7). The molecule has 1 aromatic heterocycles. The number of carboxylic acid groups (broad SMARTS) is 1. The van der Waals surface area contributed by atoms with Crippen LogP contribution in [-0.2, 0) is 11.3 Å². The smallest absolute Gasteiger partial charge is 0.475 e. The number of H-pyrrole nitrogens is 1. The third-order valence-corrected chi connectivity index (χ3v) is 4.17. The molecule has 0 aliphatic heterocycles. The second-order valence-electron chi connectivity index (χ2n) is 8.12. The highest BCUT2D eigenvalue weighted by Crippen LogP contribution is 2.24. The molecule has 3 aromatic rings. The zero-order valence-electron chi connectivity index (χ0n) is 17.6. The van der Waals surface area contributed by atoms with Crippen LogP contribution >= 0.6 is 0 Å². The maximum Gasteiger partial charge on any atom is 0.490 e. The topological polar surface area (TPSA) is 87.2 Å². The van der Waals surface area contributed by atoms with Crippen molar-refractivity contribution >= 4 is 17.0 Å². The maximum atomic E-state index is 10.6. The molecule has 0 fully saturated rings. The number of carboxylic acids is 1. The van der Waals surface area contributed by atoms with Crippen LogP contribution in [0.2, 0.25) is 0 Å². The molecule has 0 amide bonds. The molecule has 3 N–H and O–H groups in total. The fraction of sp³-hybridized carbons (Fsp3) is 0.364. The molecule has 0 radical (unpaired) electrons. The van der Waals surface area contributed by atoms with Crippen molar-refractivity contribution in [3.8, 4) is 11.5 Å². The number of aromatic amines is 1. The predicted molar refractivity (Wildman–Crippen MR) is 112 cm³/mol. The molecule has 1 heterocycles. The quantitative estimate of drug-likeness (QED) is 0.443. The summed E-state index contributed by atoms with van der Waals surface area (Å²) < 4.78 is 37.6. The van der Waals surface area contributed by atoms with Crippen LogP contribution in [0.1, 0.15) is 32.8 Å². The summed E-state index contributed by atoms with van der Waals surface area (Å²) in [6.07, 6.45) is -2.22. The van der Waals surface area contributed by atoms with Crippen LogP contribution in [0, 0.1) is 5.41 Å². The molecule has 0 saturated heterocycles. The van der Waals surface area contributed by atoms with E-state index < -0.39 is 12.1 Å². The molecule has 9 heteroatoms. The number of carbonyl (C=O) groups is 1. The van der Waals surface area contributed by atoms with Gasteiger partial charge in [-0.25, -0.2) is 9.78 Å². The summed E-state index contributed by atoms with van der Waals surface area (Å²) in [6, 6.07) is 14.1. The molecule has 0 unspecified atom stereocenters. The SMILES string of the molecule is CC(C)(C)CCNCc1ccc(Oc2ccc3nc[nH]c3c2)cc1.O=C(O)C(F)(F)F. The number of alkyl halides is 3. The third kappa shape index (κ3) is 8.67. The van der Waals surface area contributed by atoms with Crippen LogP contribution in [0.3, 0.4) is 0 Å². The normalized spacial score (nSPS) is 11.7. The number of halogens is 3. The molecule has 0 spiro atoms. The fourth-order valence-corrected chi connectivity index (χ4v) is 2.49. The van der Waals surface area contributed by atoms with Crippen molar-refractivity contribution < 1.29 is 27.8 Å². The third-order valence-electron chi connectivity index (χ3n) is 4.17. The van der Waals surface area contributed by atoms with E-state index in [9.17, 15) is 13.2 Å². The van der Waals surface area contributed by atoms with Crippen LogP contribution in [-0.4, -0.2) is 33.8 Å². The number of aromatic nitrogens is 2. The second kappa shape index (κ2) is 10.3. The van der Waals surface area contributed by atoms with E-state index in [0.29, 0.717) is 5.41 Å². The number of nitrogens with one attached hydrogen (secondary N) is 2. The summed E-state index contributed by atoms with van der Waals surface area (Å²) >= 11 is 0. The first-order chi connectivity index (χ1) is 14.4. The Morgan fingerprint density at radius 3 is 2.29 bits per heavy atom. The number of hydrogen-bond acceptors (Lipinski definition) is 4. The van der Waals surface area contributed by atoms with Crippen LogP contribution in [0.15, 0.2) is 48.8 Å². The highest BCUT2D eigenvalue weighted by molar-refractivity contribution is 5.76. The van der Waals surface area contributed by atoms with Crippen LogP contribution < -0.4 is 10.1 Å². The Balaban J connectivity index is 0.000000423. The van der Waals surface area contributed by atoms with Gasteiger partial charge in [-0.1, -0.05) is 32.9 Å². The van der Waals surface area contributed by atoms with Gasteiger partial charge in [-0.15, -0.1) is 0 Å². The summed E-state index contributed by atoms with van der Waals surface area (Å²) in [7, 11) is 0. The number of imidazole rings is 1. The van der Waals surface area contributed by atoms with E-state index in [1.165, 1.54) is 12.0 Å². The van der Waals surface area contributed by atoms with Gasteiger partial charge in [0.1, 0.15) is 11.5 Å². The monoisotopic (exact) mass is 437 g/mol. The van der Waals surface area contributed by atoms with E-state index in [2.05, 4.69) is 48.2 Å². The van der Waals surface area contributed by atoms with Gasteiger partial charge in [-0.3, -0.25) is 0 Å². The molecular weight excluding hydrogens is 411 g/mol. The molecule has 168 valence electrons. The van der Waals surface area contributed by atoms with E-state index in [1.54, 1.807) is 6.33 Å². The fourth-order valence-electron chi connectivity index (χ4n) is 2.49. The lowest BCUT2D eigenvalue weighted by Gasteiger charge is -2.18. The van der Waals surface area contributed by atoms with E-state index >= 15 is 0 Å². The van der Waals surface area contributed by atoms with Crippen molar-refractivity contribution in [2.75, 3.05) is 6.54 Å². The Bertz CT molecular complexity index is 977. The Morgan fingerprint density at radius 1 is 1.10 bits per heavy atom. The zero-order valence-corrected chi connectivity index (χ0v) is 17.6. The van der Waals surface area contributed by atoms with Crippen LogP contribution in [0.5, 0.6) is 11.5 Å². The predicted octanol–water partition coefficient (Wildman–Crippen LogP) is 5.51. The van der Waals surface area contributed by atoms with Crippen LogP contribution in [0.4, 0.5) is 13.2 Å². The van der Waals surface area contributed by atoms with Crippen LogP contribution in [0.25, 0.3) is 11.0 Å². The first kappa shape index (κ1) is 24.2. The zero-order chi connectivity index (χ0) is 23.1. The largest absolute Gasteiger partial charge is 0.490 e. The number of rotatable bonds is 6. The highest BCUT2D eigenvalue weighted by atomic mass is 19.4. The first-order valence-corrected chi connectivity index (χ1v) is 9.65. The summed E-state index contributed by atoms with van der Waals surface area (Å²) in [5, 5.41) is 10.6.